The van der Waals surface area contributed by atoms with Crippen LogP contribution in [0.3, 0.4) is 0 Å². The second kappa shape index (κ2) is 6.07. The first kappa shape index (κ1) is 15.0. The third-order valence-corrected chi connectivity index (χ3v) is 3.12. The molecule has 3 rings (SSSR count). The van der Waals surface area contributed by atoms with Gasteiger partial charge in [-0.3, -0.25) is 4.57 Å². The number of hydrogen-bond donors (Lipinski definition) is 1. The summed E-state index contributed by atoms with van der Waals surface area (Å²) < 4.78 is 39.7. The third kappa shape index (κ3) is 3.47. The van der Waals surface area contributed by atoms with E-state index < -0.39 is 11.9 Å². The van der Waals surface area contributed by atoms with Crippen molar-refractivity contribution < 1.29 is 13.2 Å². The standard InChI is InChI=1S/C15H12F3N5/c16-15(17,18)12-7-4-8-13(21-12)19-9-14-22-20-10-23(14)11-5-2-1-3-6-11/h1-8,10H,9H2,(H,19,21). The van der Waals surface area contributed by atoms with Crippen LogP contribution in [-0.4, -0.2) is 19.7 Å². The summed E-state index contributed by atoms with van der Waals surface area (Å²) in [6, 6.07) is 13.1. The predicted octanol–water partition coefficient (Wildman–Crippen LogP) is 3.29. The van der Waals surface area contributed by atoms with Gasteiger partial charge in [0.05, 0.1) is 6.54 Å². The van der Waals surface area contributed by atoms with Gasteiger partial charge in [0.1, 0.15) is 17.8 Å². The van der Waals surface area contributed by atoms with Crippen LogP contribution in [0.25, 0.3) is 5.69 Å². The van der Waals surface area contributed by atoms with Crippen molar-refractivity contribution in [3.05, 3.63) is 66.4 Å². The van der Waals surface area contributed by atoms with Crippen LogP contribution >= 0.6 is 0 Å². The predicted molar refractivity (Wildman–Crippen MR) is 77.9 cm³/mol. The van der Waals surface area contributed by atoms with Gasteiger partial charge in [0.15, 0.2) is 5.82 Å². The van der Waals surface area contributed by atoms with Crippen molar-refractivity contribution in [1.82, 2.24) is 19.7 Å². The molecular formula is C15H12F3N5. The topological polar surface area (TPSA) is 55.6 Å². The Kier molecular flexibility index (Phi) is 3.96. The molecule has 118 valence electrons. The summed E-state index contributed by atoms with van der Waals surface area (Å²) in [4.78, 5) is 3.55. The molecule has 0 aliphatic rings. The lowest BCUT2D eigenvalue weighted by atomic mass is 10.3. The molecular weight excluding hydrogens is 307 g/mol. The smallest absolute Gasteiger partial charge is 0.363 e. The monoisotopic (exact) mass is 319 g/mol. The average molecular weight is 319 g/mol. The number of nitrogens with one attached hydrogen (secondary N) is 1. The number of para-hydroxylation sites is 1. The Morgan fingerprint density at radius 3 is 2.52 bits per heavy atom. The highest BCUT2D eigenvalue weighted by molar-refractivity contribution is 5.37. The molecule has 3 aromatic rings. The van der Waals surface area contributed by atoms with Crippen LogP contribution in [0.2, 0.25) is 0 Å². The molecule has 0 amide bonds. The molecule has 0 bridgehead atoms. The van der Waals surface area contributed by atoms with E-state index in [0.717, 1.165) is 11.8 Å². The minimum Gasteiger partial charge on any atom is -0.363 e. The summed E-state index contributed by atoms with van der Waals surface area (Å²) in [7, 11) is 0. The summed E-state index contributed by atoms with van der Waals surface area (Å²) in [5, 5.41) is 10.7. The van der Waals surface area contributed by atoms with E-state index in [1.165, 1.54) is 12.1 Å². The highest BCUT2D eigenvalue weighted by Gasteiger charge is 2.32. The lowest BCUT2D eigenvalue weighted by Crippen LogP contribution is -2.11. The van der Waals surface area contributed by atoms with E-state index in [2.05, 4.69) is 20.5 Å². The summed E-state index contributed by atoms with van der Waals surface area (Å²) in [6.45, 7) is 0.198. The molecule has 0 aliphatic carbocycles. The number of benzene rings is 1. The van der Waals surface area contributed by atoms with Crippen molar-refractivity contribution >= 4 is 5.82 Å². The van der Waals surface area contributed by atoms with Gasteiger partial charge in [0.25, 0.3) is 0 Å². The highest BCUT2D eigenvalue weighted by Crippen LogP contribution is 2.28. The maximum atomic E-state index is 12.7. The number of rotatable bonds is 4. The highest BCUT2D eigenvalue weighted by atomic mass is 19.4. The lowest BCUT2D eigenvalue weighted by molar-refractivity contribution is -0.141. The quantitative estimate of drug-likeness (QED) is 0.802. The van der Waals surface area contributed by atoms with Gasteiger partial charge < -0.3 is 5.32 Å². The van der Waals surface area contributed by atoms with Crippen LogP contribution in [0.5, 0.6) is 0 Å². The van der Waals surface area contributed by atoms with Gasteiger partial charge in [-0.05, 0) is 24.3 Å². The zero-order chi connectivity index (χ0) is 16.3. The normalized spacial score (nSPS) is 11.4. The molecule has 0 saturated carbocycles. The molecule has 2 aromatic heterocycles. The van der Waals surface area contributed by atoms with Gasteiger partial charge in [-0.2, -0.15) is 13.2 Å². The van der Waals surface area contributed by atoms with Crippen LogP contribution in [0.1, 0.15) is 11.5 Å². The molecule has 5 nitrogen and oxygen atoms in total. The molecule has 8 heteroatoms. The van der Waals surface area contributed by atoms with Crippen molar-refractivity contribution in [2.24, 2.45) is 0 Å². The molecule has 0 aliphatic heterocycles. The Balaban J connectivity index is 1.77. The molecule has 0 atom stereocenters. The number of anilines is 1. The van der Waals surface area contributed by atoms with Crippen molar-refractivity contribution in [2.75, 3.05) is 5.32 Å². The maximum Gasteiger partial charge on any atom is 0.433 e. The fourth-order valence-corrected chi connectivity index (χ4v) is 2.04. The van der Waals surface area contributed by atoms with E-state index >= 15 is 0 Å². The number of alkyl halides is 3. The van der Waals surface area contributed by atoms with Crippen LogP contribution in [-0.2, 0) is 12.7 Å². The molecule has 0 fully saturated rings. The van der Waals surface area contributed by atoms with E-state index in [1.807, 2.05) is 30.3 Å². The Hall–Kier alpha value is -2.90. The Morgan fingerprint density at radius 1 is 1.00 bits per heavy atom. The summed E-state index contributed by atoms with van der Waals surface area (Å²) in [6.07, 6.45) is -2.92. The number of nitrogens with zero attached hydrogens (tertiary/aromatic N) is 4. The molecule has 0 unspecified atom stereocenters. The second-order valence-electron chi connectivity index (χ2n) is 4.71. The minimum atomic E-state index is -4.47. The van der Waals surface area contributed by atoms with Crippen molar-refractivity contribution in [3.8, 4) is 5.69 Å². The van der Waals surface area contributed by atoms with Crippen LogP contribution in [0, 0.1) is 0 Å². The Morgan fingerprint density at radius 2 is 1.78 bits per heavy atom. The van der Waals surface area contributed by atoms with Crippen molar-refractivity contribution in [1.29, 1.82) is 0 Å². The van der Waals surface area contributed by atoms with E-state index in [0.29, 0.717) is 5.82 Å². The van der Waals surface area contributed by atoms with Crippen molar-refractivity contribution in [2.45, 2.75) is 12.7 Å². The fraction of sp³-hybridized carbons (Fsp3) is 0.133. The van der Waals surface area contributed by atoms with Crippen molar-refractivity contribution in [3.63, 3.8) is 0 Å². The molecule has 0 radical (unpaired) electrons. The molecule has 23 heavy (non-hydrogen) atoms. The van der Waals surface area contributed by atoms with Crippen LogP contribution < -0.4 is 5.32 Å². The lowest BCUT2D eigenvalue weighted by Gasteiger charge is -2.10. The van der Waals surface area contributed by atoms with Gasteiger partial charge in [-0.1, -0.05) is 24.3 Å². The molecule has 0 saturated heterocycles. The van der Waals surface area contributed by atoms with Gasteiger partial charge in [0, 0.05) is 5.69 Å². The zero-order valence-corrected chi connectivity index (χ0v) is 11.8. The van der Waals surface area contributed by atoms with Gasteiger partial charge in [-0.25, -0.2) is 4.98 Å². The van der Waals surface area contributed by atoms with Crippen LogP contribution in [0.4, 0.5) is 19.0 Å². The average Bonchev–Trinajstić information content (AvgIpc) is 3.02. The second-order valence-corrected chi connectivity index (χ2v) is 4.71. The number of halogens is 3. The first-order valence-corrected chi connectivity index (χ1v) is 6.76. The number of hydrogen-bond acceptors (Lipinski definition) is 4. The molecule has 2 heterocycles. The van der Waals surface area contributed by atoms with Gasteiger partial charge >= 0.3 is 6.18 Å². The summed E-state index contributed by atoms with van der Waals surface area (Å²) in [5.41, 5.74) is -0.0710. The Bertz CT molecular complexity index is 783. The molecule has 0 spiro atoms. The molecule has 1 aromatic carbocycles. The SMILES string of the molecule is FC(F)(F)c1cccc(NCc2nncn2-c2ccccc2)n1. The van der Waals surface area contributed by atoms with E-state index in [1.54, 1.807) is 10.9 Å². The summed E-state index contributed by atoms with van der Waals surface area (Å²) >= 11 is 0. The van der Waals surface area contributed by atoms with E-state index in [-0.39, 0.29) is 12.4 Å². The summed E-state index contributed by atoms with van der Waals surface area (Å²) in [5.74, 6) is 0.692. The van der Waals surface area contributed by atoms with Gasteiger partial charge in [-0.15, -0.1) is 10.2 Å². The van der Waals surface area contributed by atoms with E-state index in [9.17, 15) is 13.2 Å². The number of pyridine rings is 1. The Labute approximate surface area is 129 Å². The van der Waals surface area contributed by atoms with Crippen LogP contribution in [0.15, 0.2) is 54.9 Å². The fourth-order valence-electron chi connectivity index (χ4n) is 2.04. The minimum absolute atomic E-state index is 0.127. The third-order valence-electron chi connectivity index (χ3n) is 3.12. The van der Waals surface area contributed by atoms with E-state index in [4.69, 9.17) is 0 Å². The first-order valence-electron chi connectivity index (χ1n) is 6.76. The largest absolute Gasteiger partial charge is 0.433 e. The first-order chi connectivity index (χ1) is 11.0. The number of aromatic nitrogens is 4. The van der Waals surface area contributed by atoms with Gasteiger partial charge in [0.2, 0.25) is 0 Å². The maximum absolute atomic E-state index is 12.7. The molecule has 1 N–H and O–H groups in total. The zero-order valence-electron chi connectivity index (χ0n) is 11.8.